The summed E-state index contributed by atoms with van der Waals surface area (Å²) in [6.45, 7) is 0.0784. The molecule has 0 saturated carbocycles. The van der Waals surface area contributed by atoms with E-state index in [1.165, 1.54) is 6.20 Å². The van der Waals surface area contributed by atoms with Crippen LogP contribution >= 0.6 is 23.2 Å². The maximum absolute atomic E-state index is 12.3. The summed E-state index contributed by atoms with van der Waals surface area (Å²) in [5, 5.41) is 16.3. The number of nitrogens with one attached hydrogen (secondary N) is 2. The monoisotopic (exact) mass is 451 g/mol. The molecule has 1 aromatic heterocycles. The van der Waals surface area contributed by atoms with Gasteiger partial charge in [0.1, 0.15) is 6.10 Å². The van der Waals surface area contributed by atoms with E-state index in [1.54, 1.807) is 36.5 Å². The minimum atomic E-state index is -0.577. The molecule has 1 aliphatic heterocycles. The Morgan fingerprint density at radius 1 is 1.20 bits per heavy atom. The van der Waals surface area contributed by atoms with Gasteiger partial charge in [0, 0.05) is 18.9 Å². The highest BCUT2D eigenvalue weighted by Gasteiger charge is 2.33. The highest BCUT2D eigenvalue weighted by Crippen LogP contribution is 2.24. The molecule has 160 valence electrons. The molecule has 0 spiro atoms. The molecule has 2 aromatic rings. The molecule has 7 nitrogen and oxygen atoms in total. The van der Waals surface area contributed by atoms with Crippen LogP contribution in [0.15, 0.2) is 42.7 Å². The van der Waals surface area contributed by atoms with Crippen LogP contribution in [0.1, 0.15) is 35.2 Å². The zero-order chi connectivity index (χ0) is 21.5. The summed E-state index contributed by atoms with van der Waals surface area (Å²) in [5.41, 5.74) is 1.28. The number of pyridine rings is 1. The van der Waals surface area contributed by atoms with Crippen LogP contribution in [0, 0.1) is 0 Å². The van der Waals surface area contributed by atoms with Crippen molar-refractivity contribution in [1.82, 2.24) is 15.6 Å². The Balaban J connectivity index is 1.47. The molecule has 3 atom stereocenters. The molecule has 9 heteroatoms. The molecule has 2 heterocycles. The molecule has 2 amide bonds. The van der Waals surface area contributed by atoms with E-state index in [1.807, 2.05) is 0 Å². The molecule has 0 bridgehead atoms. The third kappa shape index (κ3) is 6.15. The minimum Gasteiger partial charge on any atom is -0.394 e. The van der Waals surface area contributed by atoms with Crippen molar-refractivity contribution in [2.75, 3.05) is 6.61 Å². The molecular weight excluding hydrogens is 429 g/mol. The SMILES string of the molecule is O=C(C[C@@H]1CC[C@@H](NC(=O)c2cccnc2)[C@H](CO)O1)NCc1ccc(Cl)c(Cl)c1. The Morgan fingerprint density at radius 2 is 2.03 bits per heavy atom. The zero-order valence-corrected chi connectivity index (χ0v) is 17.7. The van der Waals surface area contributed by atoms with Crippen LogP contribution in [0.2, 0.25) is 10.0 Å². The lowest BCUT2D eigenvalue weighted by atomic mass is 9.96. The fraction of sp³-hybridized carbons (Fsp3) is 0.381. The van der Waals surface area contributed by atoms with Gasteiger partial charge in [0.2, 0.25) is 5.91 Å². The van der Waals surface area contributed by atoms with Gasteiger partial charge in [-0.3, -0.25) is 14.6 Å². The average Bonchev–Trinajstić information content (AvgIpc) is 2.76. The predicted molar refractivity (Wildman–Crippen MR) is 113 cm³/mol. The van der Waals surface area contributed by atoms with Gasteiger partial charge in [-0.2, -0.15) is 0 Å². The van der Waals surface area contributed by atoms with Crippen molar-refractivity contribution in [3.05, 3.63) is 63.9 Å². The van der Waals surface area contributed by atoms with Crippen LogP contribution in [0.4, 0.5) is 0 Å². The topological polar surface area (TPSA) is 101 Å². The summed E-state index contributed by atoms with van der Waals surface area (Å²) in [6.07, 6.45) is 3.52. The maximum Gasteiger partial charge on any atom is 0.253 e. The summed E-state index contributed by atoms with van der Waals surface area (Å²) in [6, 6.07) is 8.20. The fourth-order valence-corrected chi connectivity index (χ4v) is 3.65. The van der Waals surface area contributed by atoms with Crippen LogP contribution in [-0.2, 0) is 16.1 Å². The van der Waals surface area contributed by atoms with Crippen molar-refractivity contribution >= 4 is 35.0 Å². The molecule has 30 heavy (non-hydrogen) atoms. The molecular formula is C21H23Cl2N3O4. The van der Waals surface area contributed by atoms with E-state index in [0.717, 1.165) is 5.56 Å². The van der Waals surface area contributed by atoms with Crippen molar-refractivity contribution in [2.24, 2.45) is 0 Å². The third-order valence-corrected chi connectivity index (χ3v) is 5.66. The second-order valence-electron chi connectivity index (χ2n) is 7.11. The van der Waals surface area contributed by atoms with E-state index in [2.05, 4.69) is 15.6 Å². The maximum atomic E-state index is 12.3. The summed E-state index contributed by atoms with van der Waals surface area (Å²) in [4.78, 5) is 28.5. The van der Waals surface area contributed by atoms with Gasteiger partial charge in [-0.1, -0.05) is 29.3 Å². The number of hydrogen-bond acceptors (Lipinski definition) is 5. The second kappa shape index (κ2) is 10.7. The molecule has 3 N–H and O–H groups in total. The largest absolute Gasteiger partial charge is 0.394 e. The van der Waals surface area contributed by atoms with Gasteiger partial charge in [0.25, 0.3) is 5.91 Å². The van der Waals surface area contributed by atoms with Gasteiger partial charge in [-0.05, 0) is 42.7 Å². The van der Waals surface area contributed by atoms with Crippen molar-refractivity contribution in [1.29, 1.82) is 0 Å². The molecule has 1 aromatic carbocycles. The number of aromatic nitrogens is 1. The number of halogens is 2. The number of carbonyl (C=O) groups is 2. The zero-order valence-electron chi connectivity index (χ0n) is 16.2. The average molecular weight is 452 g/mol. The normalized spacial score (nSPS) is 21.1. The Labute approximate surface area is 184 Å². The number of aliphatic hydroxyl groups excluding tert-OH is 1. The minimum absolute atomic E-state index is 0.166. The van der Waals surface area contributed by atoms with E-state index < -0.39 is 6.10 Å². The first-order valence-electron chi connectivity index (χ1n) is 9.64. The van der Waals surface area contributed by atoms with Crippen molar-refractivity contribution in [3.63, 3.8) is 0 Å². The van der Waals surface area contributed by atoms with Gasteiger partial charge in [0.05, 0.1) is 40.8 Å². The predicted octanol–water partition coefficient (Wildman–Crippen LogP) is 2.73. The van der Waals surface area contributed by atoms with E-state index in [9.17, 15) is 14.7 Å². The number of hydrogen-bond donors (Lipinski definition) is 3. The van der Waals surface area contributed by atoms with Crippen molar-refractivity contribution in [2.45, 2.75) is 44.1 Å². The number of nitrogens with zero attached hydrogens (tertiary/aromatic N) is 1. The summed E-state index contributed by atoms with van der Waals surface area (Å²) >= 11 is 11.9. The van der Waals surface area contributed by atoms with Crippen molar-refractivity contribution in [3.8, 4) is 0 Å². The van der Waals surface area contributed by atoms with Crippen LogP contribution in [0.25, 0.3) is 0 Å². The van der Waals surface area contributed by atoms with E-state index in [0.29, 0.717) is 35.0 Å². The Bertz CT molecular complexity index is 882. The summed E-state index contributed by atoms with van der Waals surface area (Å²) < 4.78 is 5.86. The van der Waals surface area contributed by atoms with Crippen LogP contribution in [-0.4, -0.2) is 46.8 Å². The van der Waals surface area contributed by atoms with Gasteiger partial charge in [-0.15, -0.1) is 0 Å². The molecule has 0 radical (unpaired) electrons. The lowest BCUT2D eigenvalue weighted by Gasteiger charge is -2.36. The van der Waals surface area contributed by atoms with Crippen LogP contribution < -0.4 is 10.6 Å². The fourth-order valence-electron chi connectivity index (χ4n) is 3.32. The molecule has 0 unspecified atom stereocenters. The second-order valence-corrected chi connectivity index (χ2v) is 7.92. The van der Waals surface area contributed by atoms with E-state index in [4.69, 9.17) is 27.9 Å². The van der Waals surface area contributed by atoms with E-state index in [-0.39, 0.29) is 37.0 Å². The van der Waals surface area contributed by atoms with Gasteiger partial charge in [-0.25, -0.2) is 0 Å². The van der Waals surface area contributed by atoms with Gasteiger partial charge in [0.15, 0.2) is 0 Å². The molecule has 3 rings (SSSR count). The lowest BCUT2D eigenvalue weighted by Crippen LogP contribution is -2.51. The number of ether oxygens (including phenoxy) is 1. The standard InChI is InChI=1S/C21H23Cl2N3O4/c22-16-5-3-13(8-17(16)23)10-25-20(28)9-15-4-6-18(19(12-27)30-15)26-21(29)14-2-1-7-24-11-14/h1-3,5,7-8,11,15,18-19,27H,4,6,9-10,12H2,(H,25,28)(H,26,29)/t15-,18+,19-/m0/s1. The molecule has 0 aliphatic carbocycles. The highest BCUT2D eigenvalue weighted by atomic mass is 35.5. The number of aliphatic hydroxyl groups is 1. The van der Waals surface area contributed by atoms with E-state index >= 15 is 0 Å². The molecule has 1 saturated heterocycles. The number of amides is 2. The first kappa shape index (κ1) is 22.5. The first-order chi connectivity index (χ1) is 14.5. The number of carbonyl (C=O) groups excluding carboxylic acids is 2. The quantitative estimate of drug-likeness (QED) is 0.600. The Morgan fingerprint density at radius 3 is 2.73 bits per heavy atom. The molecule has 1 aliphatic rings. The van der Waals surface area contributed by atoms with Gasteiger partial charge >= 0.3 is 0 Å². The summed E-state index contributed by atoms with van der Waals surface area (Å²) in [7, 11) is 0. The highest BCUT2D eigenvalue weighted by molar-refractivity contribution is 6.42. The van der Waals surface area contributed by atoms with Crippen molar-refractivity contribution < 1.29 is 19.4 Å². The van der Waals surface area contributed by atoms with Gasteiger partial charge < -0.3 is 20.5 Å². The first-order valence-corrected chi connectivity index (χ1v) is 10.4. The van der Waals surface area contributed by atoms with Crippen LogP contribution in [0.5, 0.6) is 0 Å². The Kier molecular flexibility index (Phi) is 8.04. The molecule has 1 fully saturated rings. The lowest BCUT2D eigenvalue weighted by molar-refractivity contribution is -0.131. The summed E-state index contributed by atoms with van der Waals surface area (Å²) in [5.74, 6) is -0.437. The Hall–Kier alpha value is -2.19. The third-order valence-electron chi connectivity index (χ3n) is 4.92. The number of benzene rings is 1. The van der Waals surface area contributed by atoms with Crippen LogP contribution in [0.3, 0.4) is 0 Å². The smallest absolute Gasteiger partial charge is 0.253 e. The number of rotatable bonds is 7.